The quantitative estimate of drug-likeness (QED) is 0.843. The van der Waals surface area contributed by atoms with Gasteiger partial charge in [-0.1, -0.05) is 12.1 Å². The number of aromatic nitrogens is 2. The Morgan fingerprint density at radius 1 is 1.29 bits per heavy atom. The number of likely N-dealkylation sites (tertiary alicyclic amines) is 1. The molecule has 24 heavy (non-hydrogen) atoms. The molecule has 0 spiro atoms. The van der Waals surface area contributed by atoms with Crippen LogP contribution in [0.25, 0.3) is 10.9 Å². The fourth-order valence-electron chi connectivity index (χ4n) is 2.94. The molecule has 2 heterocycles. The van der Waals surface area contributed by atoms with Gasteiger partial charge in [0.15, 0.2) is 0 Å². The van der Waals surface area contributed by atoms with Crippen LogP contribution in [0.15, 0.2) is 35.4 Å². The Kier molecular flexibility index (Phi) is 4.29. The third kappa shape index (κ3) is 3.27. The standard InChI is InChI=1S/C16H16F3N3O2/c17-16(18,19)11-4-3-7-21(8-11)14(23)9-22-10-20-13-6-2-1-5-12(13)15(22)24/h1-2,5-6,10-11H,3-4,7-9H2. The lowest BCUT2D eigenvalue weighted by Gasteiger charge is -2.33. The zero-order valence-electron chi connectivity index (χ0n) is 12.8. The Balaban J connectivity index is 1.78. The van der Waals surface area contributed by atoms with Crippen LogP contribution in [0.3, 0.4) is 0 Å². The van der Waals surface area contributed by atoms with E-state index in [1.165, 1.54) is 11.2 Å². The highest BCUT2D eigenvalue weighted by Crippen LogP contribution is 2.33. The van der Waals surface area contributed by atoms with E-state index < -0.39 is 18.0 Å². The van der Waals surface area contributed by atoms with E-state index >= 15 is 0 Å². The first-order valence-electron chi connectivity index (χ1n) is 7.65. The van der Waals surface area contributed by atoms with Crippen molar-refractivity contribution < 1.29 is 18.0 Å². The number of fused-ring (bicyclic) bond motifs is 1. The first-order chi connectivity index (χ1) is 11.4. The van der Waals surface area contributed by atoms with E-state index in [0.29, 0.717) is 17.3 Å². The third-order valence-corrected chi connectivity index (χ3v) is 4.27. The highest BCUT2D eigenvalue weighted by atomic mass is 19.4. The van der Waals surface area contributed by atoms with Crippen LogP contribution in [0.1, 0.15) is 12.8 Å². The van der Waals surface area contributed by atoms with Gasteiger partial charge < -0.3 is 4.90 Å². The fourth-order valence-corrected chi connectivity index (χ4v) is 2.94. The van der Waals surface area contributed by atoms with Crippen LogP contribution in [-0.2, 0) is 11.3 Å². The molecule has 5 nitrogen and oxygen atoms in total. The molecular weight excluding hydrogens is 323 g/mol. The molecule has 1 aliphatic rings. The van der Waals surface area contributed by atoms with Crippen molar-refractivity contribution in [2.75, 3.05) is 13.1 Å². The SMILES string of the molecule is O=C(Cn1cnc2ccccc2c1=O)N1CCCC(C(F)(F)F)C1. The van der Waals surface area contributed by atoms with Crippen LogP contribution in [0.5, 0.6) is 0 Å². The number of hydrogen-bond donors (Lipinski definition) is 0. The lowest BCUT2D eigenvalue weighted by molar-refractivity contribution is -0.188. The van der Waals surface area contributed by atoms with Crippen molar-refractivity contribution in [3.63, 3.8) is 0 Å². The molecule has 0 radical (unpaired) electrons. The molecule has 1 fully saturated rings. The summed E-state index contributed by atoms with van der Waals surface area (Å²) in [5, 5.41) is 0.375. The summed E-state index contributed by atoms with van der Waals surface area (Å²) in [7, 11) is 0. The molecule has 1 aliphatic heterocycles. The van der Waals surface area contributed by atoms with Crippen molar-refractivity contribution in [1.29, 1.82) is 0 Å². The van der Waals surface area contributed by atoms with E-state index in [2.05, 4.69) is 4.98 Å². The number of benzene rings is 1. The Morgan fingerprint density at radius 3 is 2.79 bits per heavy atom. The Labute approximate surface area is 135 Å². The summed E-state index contributed by atoms with van der Waals surface area (Å²) < 4.78 is 39.7. The smallest absolute Gasteiger partial charge is 0.341 e. The van der Waals surface area contributed by atoms with E-state index in [1.807, 2.05) is 0 Å². The lowest BCUT2D eigenvalue weighted by Crippen LogP contribution is -2.46. The number of hydrogen-bond acceptors (Lipinski definition) is 3. The van der Waals surface area contributed by atoms with Gasteiger partial charge in [0.1, 0.15) is 6.54 Å². The molecule has 1 unspecified atom stereocenters. The third-order valence-electron chi connectivity index (χ3n) is 4.27. The fraction of sp³-hybridized carbons (Fsp3) is 0.438. The van der Waals surface area contributed by atoms with Crippen LogP contribution >= 0.6 is 0 Å². The predicted molar refractivity (Wildman–Crippen MR) is 81.4 cm³/mol. The van der Waals surface area contributed by atoms with E-state index in [-0.39, 0.29) is 31.6 Å². The maximum atomic E-state index is 12.8. The van der Waals surface area contributed by atoms with Crippen molar-refractivity contribution in [3.8, 4) is 0 Å². The topological polar surface area (TPSA) is 55.2 Å². The van der Waals surface area contributed by atoms with Crippen molar-refractivity contribution >= 4 is 16.8 Å². The number of nitrogens with zero attached hydrogens (tertiary/aromatic N) is 3. The second kappa shape index (κ2) is 6.26. The van der Waals surface area contributed by atoms with Gasteiger partial charge in [0.2, 0.25) is 5.91 Å². The Morgan fingerprint density at radius 2 is 2.04 bits per heavy atom. The molecule has 0 saturated carbocycles. The van der Waals surface area contributed by atoms with Crippen LogP contribution < -0.4 is 5.56 Å². The second-order valence-electron chi connectivity index (χ2n) is 5.92. The maximum Gasteiger partial charge on any atom is 0.393 e. The average molecular weight is 339 g/mol. The lowest BCUT2D eigenvalue weighted by atomic mass is 9.97. The largest absolute Gasteiger partial charge is 0.393 e. The molecule has 1 atom stereocenters. The summed E-state index contributed by atoms with van der Waals surface area (Å²) in [6.07, 6.45) is -2.71. The summed E-state index contributed by atoms with van der Waals surface area (Å²) in [6, 6.07) is 6.72. The molecule has 1 aromatic carbocycles. The van der Waals surface area contributed by atoms with Gasteiger partial charge in [0.25, 0.3) is 5.56 Å². The van der Waals surface area contributed by atoms with Gasteiger partial charge in [-0.25, -0.2) is 4.98 Å². The van der Waals surface area contributed by atoms with E-state index in [0.717, 1.165) is 4.57 Å². The molecule has 128 valence electrons. The zero-order chi connectivity index (χ0) is 17.3. The minimum absolute atomic E-state index is 0.0325. The van der Waals surface area contributed by atoms with E-state index in [1.54, 1.807) is 24.3 Å². The number of halogens is 3. The molecule has 0 bridgehead atoms. The average Bonchev–Trinajstić information content (AvgIpc) is 2.57. The van der Waals surface area contributed by atoms with Crippen LogP contribution in [0.2, 0.25) is 0 Å². The number of amides is 1. The van der Waals surface area contributed by atoms with E-state index in [9.17, 15) is 22.8 Å². The minimum atomic E-state index is -4.31. The van der Waals surface area contributed by atoms with E-state index in [4.69, 9.17) is 0 Å². The molecule has 1 aromatic heterocycles. The summed E-state index contributed by atoms with van der Waals surface area (Å²) in [5.74, 6) is -2.00. The number of para-hydroxylation sites is 1. The maximum absolute atomic E-state index is 12.8. The first-order valence-corrected chi connectivity index (χ1v) is 7.65. The number of rotatable bonds is 2. The van der Waals surface area contributed by atoms with Gasteiger partial charge in [-0.05, 0) is 25.0 Å². The van der Waals surface area contributed by atoms with Crippen LogP contribution in [0.4, 0.5) is 13.2 Å². The Hall–Kier alpha value is -2.38. The summed E-state index contributed by atoms with van der Waals surface area (Å²) >= 11 is 0. The molecular formula is C16H16F3N3O2. The first kappa shape index (κ1) is 16.5. The van der Waals surface area contributed by atoms with Crippen molar-refractivity contribution in [2.45, 2.75) is 25.6 Å². The summed E-state index contributed by atoms with van der Waals surface area (Å²) in [6.45, 7) is -0.374. The van der Waals surface area contributed by atoms with Gasteiger partial charge in [-0.3, -0.25) is 14.2 Å². The van der Waals surface area contributed by atoms with Gasteiger partial charge in [-0.15, -0.1) is 0 Å². The number of carbonyl (C=O) groups excluding carboxylic acids is 1. The zero-order valence-corrected chi connectivity index (χ0v) is 12.8. The monoisotopic (exact) mass is 339 g/mol. The predicted octanol–water partition coefficient (Wildman–Crippen LogP) is 2.20. The molecule has 8 heteroatoms. The second-order valence-corrected chi connectivity index (χ2v) is 5.92. The van der Waals surface area contributed by atoms with Crippen LogP contribution in [0, 0.1) is 5.92 Å². The van der Waals surface area contributed by atoms with Crippen LogP contribution in [-0.4, -0.2) is 39.6 Å². The summed E-state index contributed by atoms with van der Waals surface area (Å²) in [4.78, 5) is 29.9. The Bertz CT molecular complexity index is 816. The molecule has 0 aliphatic carbocycles. The summed E-state index contributed by atoms with van der Waals surface area (Å²) in [5.41, 5.74) is 0.139. The molecule has 3 rings (SSSR count). The van der Waals surface area contributed by atoms with Crippen molar-refractivity contribution in [2.24, 2.45) is 5.92 Å². The number of piperidine rings is 1. The normalized spacial score (nSPS) is 18.8. The van der Waals surface area contributed by atoms with Gasteiger partial charge in [-0.2, -0.15) is 13.2 Å². The highest BCUT2D eigenvalue weighted by molar-refractivity contribution is 5.79. The minimum Gasteiger partial charge on any atom is -0.341 e. The highest BCUT2D eigenvalue weighted by Gasteiger charge is 2.42. The van der Waals surface area contributed by atoms with Gasteiger partial charge in [0.05, 0.1) is 23.1 Å². The number of carbonyl (C=O) groups is 1. The number of alkyl halides is 3. The van der Waals surface area contributed by atoms with Gasteiger partial charge >= 0.3 is 6.18 Å². The molecule has 1 saturated heterocycles. The van der Waals surface area contributed by atoms with Crippen molar-refractivity contribution in [1.82, 2.24) is 14.5 Å². The molecule has 1 amide bonds. The molecule has 2 aromatic rings. The van der Waals surface area contributed by atoms with Crippen molar-refractivity contribution in [3.05, 3.63) is 40.9 Å². The molecule has 0 N–H and O–H groups in total. The van der Waals surface area contributed by atoms with Gasteiger partial charge in [0, 0.05) is 13.1 Å².